The van der Waals surface area contributed by atoms with Crippen LogP contribution in [0.2, 0.25) is 36.3 Å². The van der Waals surface area contributed by atoms with Gasteiger partial charge < -0.3 is 13.0 Å². The van der Waals surface area contributed by atoms with Crippen LogP contribution in [0.4, 0.5) is 17.6 Å². The fourth-order valence-electron chi connectivity index (χ4n) is 2.15. The average Bonchev–Trinajstić information content (AvgIpc) is 2.62. The number of hydrogen-bond donors (Lipinski definition) is 0. The lowest BCUT2D eigenvalue weighted by molar-refractivity contribution is -0.0504. The van der Waals surface area contributed by atoms with Gasteiger partial charge in [-0.2, -0.15) is 21.6 Å². The molecular formula is C22H35BrF4O5SSi2. The maximum atomic E-state index is 14.1. The second-order valence-corrected chi connectivity index (χ2v) is 23.4. The van der Waals surface area contributed by atoms with Crippen LogP contribution in [0.3, 0.4) is 0 Å². The van der Waals surface area contributed by atoms with Crippen LogP contribution in [0, 0.1) is 5.82 Å². The zero-order chi connectivity index (χ0) is 27.8. The Morgan fingerprint density at radius 3 is 1.86 bits per heavy atom. The highest BCUT2D eigenvalue weighted by Crippen LogP contribution is 2.43. The van der Waals surface area contributed by atoms with E-state index in [1.54, 1.807) is 26.8 Å². The van der Waals surface area contributed by atoms with Crippen molar-refractivity contribution in [2.45, 2.75) is 83.3 Å². The minimum absolute atomic E-state index is 0.0974. The molecule has 202 valence electrons. The van der Waals surface area contributed by atoms with Gasteiger partial charge in [0.15, 0.2) is 11.6 Å². The van der Waals surface area contributed by atoms with Crippen LogP contribution >= 0.6 is 15.9 Å². The van der Waals surface area contributed by atoms with Gasteiger partial charge in [0.1, 0.15) is 12.4 Å². The molecule has 0 atom stereocenters. The summed E-state index contributed by atoms with van der Waals surface area (Å²) in [5.41, 5.74) is -4.65. The molecule has 0 spiro atoms. The number of alkyl halides is 3. The van der Waals surface area contributed by atoms with Crippen LogP contribution in [0.1, 0.15) is 47.1 Å². The van der Waals surface area contributed by atoms with E-state index in [1.807, 2.05) is 12.1 Å². The quantitative estimate of drug-likeness (QED) is 0.192. The van der Waals surface area contributed by atoms with E-state index in [2.05, 4.69) is 53.7 Å². The van der Waals surface area contributed by atoms with Crippen molar-refractivity contribution in [2.24, 2.45) is 0 Å². The Hall–Kier alpha value is -0.896. The molecule has 1 aromatic carbocycles. The number of ether oxygens (including phenoxy) is 1. The summed E-state index contributed by atoms with van der Waals surface area (Å²) in [5, 5.41) is -0.495. The molecule has 5 nitrogen and oxygen atoms in total. The van der Waals surface area contributed by atoms with Gasteiger partial charge in [0, 0.05) is 0 Å². The Balaban J connectivity index is 0.000000367. The summed E-state index contributed by atoms with van der Waals surface area (Å²) in [7, 11) is -10.4. The third-order valence-electron chi connectivity index (χ3n) is 6.39. The van der Waals surface area contributed by atoms with Gasteiger partial charge >= 0.3 is 15.6 Å². The molecule has 0 radical (unpaired) electrons. The first-order valence-corrected chi connectivity index (χ1v) is 18.9. The van der Waals surface area contributed by atoms with E-state index >= 15 is 0 Å². The summed E-state index contributed by atoms with van der Waals surface area (Å²) in [6, 6.07) is 3.52. The minimum Gasteiger partial charge on any atom is -0.543 e. The molecule has 13 heteroatoms. The van der Waals surface area contributed by atoms with E-state index in [0.717, 1.165) is 5.76 Å². The van der Waals surface area contributed by atoms with Crippen molar-refractivity contribution in [3.63, 3.8) is 0 Å². The molecular weight excluding hydrogens is 588 g/mol. The molecule has 1 aliphatic heterocycles. The molecule has 0 fully saturated rings. The molecule has 0 N–H and O–H groups in total. The van der Waals surface area contributed by atoms with E-state index in [-0.39, 0.29) is 16.6 Å². The predicted octanol–water partition coefficient (Wildman–Crippen LogP) is 8.20. The maximum Gasteiger partial charge on any atom is 0.522 e. The largest absolute Gasteiger partial charge is 0.543 e. The van der Waals surface area contributed by atoms with Crippen LogP contribution in [0.15, 0.2) is 22.7 Å². The smallest absolute Gasteiger partial charge is 0.522 e. The molecule has 1 aliphatic rings. The van der Waals surface area contributed by atoms with Gasteiger partial charge in [-0.3, -0.25) is 0 Å². The lowest BCUT2D eigenvalue weighted by Gasteiger charge is -2.38. The predicted molar refractivity (Wildman–Crippen MR) is 139 cm³/mol. The molecule has 0 aromatic heterocycles. The molecule has 0 saturated heterocycles. The van der Waals surface area contributed by atoms with Crippen molar-refractivity contribution in [1.82, 2.24) is 0 Å². The van der Waals surface area contributed by atoms with Crippen LogP contribution in [-0.4, -0.2) is 37.2 Å². The highest BCUT2D eigenvalue weighted by molar-refractivity contribution is 9.10. The van der Waals surface area contributed by atoms with E-state index in [9.17, 15) is 26.0 Å². The van der Waals surface area contributed by atoms with E-state index in [4.69, 9.17) is 9.16 Å². The molecule has 0 bridgehead atoms. The second-order valence-electron chi connectivity index (χ2n) is 11.2. The lowest BCUT2D eigenvalue weighted by Crippen LogP contribution is -2.45. The maximum absolute atomic E-state index is 14.1. The minimum atomic E-state index is -5.48. The van der Waals surface area contributed by atoms with Gasteiger partial charge in [0.25, 0.3) is 0 Å². The van der Waals surface area contributed by atoms with Crippen molar-refractivity contribution < 1.29 is 39.0 Å². The van der Waals surface area contributed by atoms with Gasteiger partial charge in [-0.15, -0.1) is 0 Å². The third kappa shape index (κ3) is 7.79. The molecule has 0 aliphatic carbocycles. The van der Waals surface area contributed by atoms with Gasteiger partial charge in [0.2, 0.25) is 16.6 Å². The Morgan fingerprint density at radius 1 is 0.943 bits per heavy atom. The first-order chi connectivity index (χ1) is 15.3. The summed E-state index contributed by atoms with van der Waals surface area (Å²) < 4.78 is 88.3. The molecule has 35 heavy (non-hydrogen) atoms. The first-order valence-electron chi connectivity index (χ1n) is 10.9. The average molecular weight is 624 g/mol. The monoisotopic (exact) mass is 622 g/mol. The van der Waals surface area contributed by atoms with Gasteiger partial charge in [0.05, 0.1) is 10.0 Å². The van der Waals surface area contributed by atoms with Crippen molar-refractivity contribution in [1.29, 1.82) is 0 Å². The Bertz CT molecular complexity index is 1060. The fourth-order valence-corrected chi connectivity index (χ4v) is 7.08. The highest BCUT2D eigenvalue weighted by Gasteiger charge is 2.53. The van der Waals surface area contributed by atoms with Crippen LogP contribution in [0.5, 0.6) is 5.75 Å². The fraction of sp³-hybridized carbons (Fsp3) is 0.636. The van der Waals surface area contributed by atoms with E-state index in [0.29, 0.717) is 16.6 Å². The molecule has 0 amide bonds. The summed E-state index contributed by atoms with van der Waals surface area (Å²) in [6.07, 6.45) is 1.89. The zero-order valence-corrected chi connectivity index (χ0v) is 26.2. The van der Waals surface area contributed by atoms with Crippen LogP contribution in [0.25, 0.3) is 5.76 Å². The Labute approximate surface area is 216 Å². The van der Waals surface area contributed by atoms with Crippen molar-refractivity contribution in [3.05, 3.63) is 34.1 Å². The number of fused-ring (bicyclic) bond motifs is 1. The van der Waals surface area contributed by atoms with Crippen molar-refractivity contribution >= 4 is 48.4 Å². The summed E-state index contributed by atoms with van der Waals surface area (Å²) >= 11 is 3.18. The van der Waals surface area contributed by atoms with E-state index < -0.39 is 37.3 Å². The van der Waals surface area contributed by atoms with Crippen LogP contribution in [-0.2, 0) is 18.4 Å². The Kier molecular flexibility index (Phi) is 9.61. The molecule has 2 rings (SSSR count). The molecule has 1 aromatic rings. The van der Waals surface area contributed by atoms with Gasteiger partial charge in [-0.05, 0) is 70.4 Å². The summed E-state index contributed by atoms with van der Waals surface area (Å²) in [5.74, 6) is 0.645. The lowest BCUT2D eigenvalue weighted by atomic mass is 10.1. The number of hydrogen-bond acceptors (Lipinski definition) is 5. The van der Waals surface area contributed by atoms with Gasteiger partial charge in [-0.1, -0.05) is 41.5 Å². The standard InChI is InChI=1S/C15H20BrFO2Si.C7H15F3O3SSi/c1-15(2,3)20(4,5)19-12-8-9-18-14-10(12)6-7-11(16)13(14)17;1-6(2,3)15(4,5)13-14(11,12)7(8,9)10/h6-8H,9H2,1-5H3;1-5H3. The molecule has 0 unspecified atom stereocenters. The van der Waals surface area contributed by atoms with Crippen molar-refractivity contribution in [2.75, 3.05) is 6.61 Å². The van der Waals surface area contributed by atoms with Crippen LogP contribution < -0.4 is 4.74 Å². The Morgan fingerprint density at radius 2 is 1.43 bits per heavy atom. The number of rotatable bonds is 4. The topological polar surface area (TPSA) is 61.8 Å². The second kappa shape index (κ2) is 10.5. The number of benzene rings is 1. The van der Waals surface area contributed by atoms with Gasteiger partial charge in [-0.25, -0.2) is 4.39 Å². The highest BCUT2D eigenvalue weighted by atomic mass is 79.9. The zero-order valence-electron chi connectivity index (χ0n) is 21.8. The first kappa shape index (κ1) is 32.1. The SMILES string of the molecule is CC(C)(C)[Si](C)(C)OC1=CCOc2c1ccc(Br)c2F.CC(C)(C)[Si](C)(C)OS(=O)(=O)C(F)(F)F. The summed E-state index contributed by atoms with van der Waals surface area (Å²) in [6.45, 7) is 19.1. The van der Waals surface area contributed by atoms with Crippen molar-refractivity contribution in [3.8, 4) is 5.75 Å². The third-order valence-corrected chi connectivity index (χ3v) is 18.1. The molecule has 1 heterocycles. The van der Waals surface area contributed by atoms with E-state index in [1.165, 1.54) is 13.1 Å². The summed E-state index contributed by atoms with van der Waals surface area (Å²) in [4.78, 5) is 0. The number of halogens is 5. The molecule has 0 saturated carbocycles. The normalized spacial score (nSPS) is 15.3.